The molecule has 0 saturated heterocycles. The average molecular weight is 268 g/mol. The second-order valence-corrected chi connectivity index (χ2v) is 6.58. The summed E-state index contributed by atoms with van der Waals surface area (Å²) in [5.74, 6) is -0.327. The molecule has 2 fully saturated rings. The smallest absolute Gasteiger partial charge is 0.146 e. The standard InChI is InChI=1S/C15H19ClFN/c16-12-6-4-5-11(13(12)17)15(18)9-14(10-15)7-2-1-3-8-14/h4-6H,1-3,7-10,18H2. The van der Waals surface area contributed by atoms with E-state index < -0.39 is 5.54 Å². The molecule has 1 spiro atoms. The quantitative estimate of drug-likeness (QED) is 0.803. The Hall–Kier alpha value is -0.600. The molecule has 0 heterocycles. The maximum absolute atomic E-state index is 14.1. The number of halogens is 2. The summed E-state index contributed by atoms with van der Waals surface area (Å²) in [6, 6.07) is 5.16. The lowest BCUT2D eigenvalue weighted by atomic mass is 9.51. The van der Waals surface area contributed by atoms with Gasteiger partial charge >= 0.3 is 0 Å². The second kappa shape index (κ2) is 4.21. The van der Waals surface area contributed by atoms with Crippen molar-refractivity contribution in [2.24, 2.45) is 11.1 Å². The number of hydrogen-bond acceptors (Lipinski definition) is 1. The highest BCUT2D eigenvalue weighted by molar-refractivity contribution is 6.30. The third-order valence-electron chi connectivity index (χ3n) is 4.78. The summed E-state index contributed by atoms with van der Waals surface area (Å²) in [5.41, 5.74) is 6.90. The third-order valence-corrected chi connectivity index (χ3v) is 5.08. The molecule has 2 N–H and O–H groups in total. The molecule has 0 unspecified atom stereocenters. The number of rotatable bonds is 1. The number of benzene rings is 1. The van der Waals surface area contributed by atoms with Crippen LogP contribution in [-0.4, -0.2) is 0 Å². The zero-order valence-electron chi connectivity index (χ0n) is 10.5. The fourth-order valence-electron chi connectivity index (χ4n) is 4.02. The highest BCUT2D eigenvalue weighted by Gasteiger charge is 2.53. The van der Waals surface area contributed by atoms with Crippen molar-refractivity contribution < 1.29 is 4.39 Å². The van der Waals surface area contributed by atoms with Crippen molar-refractivity contribution in [2.75, 3.05) is 0 Å². The lowest BCUT2D eigenvalue weighted by Gasteiger charge is -2.56. The van der Waals surface area contributed by atoms with E-state index in [0.29, 0.717) is 11.0 Å². The highest BCUT2D eigenvalue weighted by Crippen LogP contribution is 2.59. The van der Waals surface area contributed by atoms with Gasteiger partial charge in [0.25, 0.3) is 0 Å². The van der Waals surface area contributed by atoms with Crippen molar-refractivity contribution in [1.82, 2.24) is 0 Å². The molecule has 2 aliphatic carbocycles. The molecule has 1 aromatic carbocycles. The van der Waals surface area contributed by atoms with Crippen LogP contribution in [0.2, 0.25) is 5.02 Å². The van der Waals surface area contributed by atoms with E-state index >= 15 is 0 Å². The van der Waals surface area contributed by atoms with Crippen molar-refractivity contribution in [3.63, 3.8) is 0 Å². The van der Waals surface area contributed by atoms with Crippen LogP contribution in [0.4, 0.5) is 4.39 Å². The molecule has 0 amide bonds. The topological polar surface area (TPSA) is 26.0 Å². The lowest BCUT2D eigenvalue weighted by molar-refractivity contribution is -0.0116. The van der Waals surface area contributed by atoms with E-state index in [2.05, 4.69) is 0 Å². The van der Waals surface area contributed by atoms with Crippen molar-refractivity contribution >= 4 is 11.6 Å². The van der Waals surface area contributed by atoms with Gasteiger partial charge in [-0.3, -0.25) is 0 Å². The van der Waals surface area contributed by atoms with Crippen molar-refractivity contribution in [3.8, 4) is 0 Å². The van der Waals surface area contributed by atoms with Crippen LogP contribution in [0.25, 0.3) is 0 Å². The van der Waals surface area contributed by atoms with E-state index in [-0.39, 0.29) is 10.8 Å². The van der Waals surface area contributed by atoms with Gasteiger partial charge < -0.3 is 5.73 Å². The largest absolute Gasteiger partial charge is 0.321 e. The van der Waals surface area contributed by atoms with Gasteiger partial charge in [0.05, 0.1) is 5.02 Å². The molecule has 0 atom stereocenters. The van der Waals surface area contributed by atoms with Gasteiger partial charge in [0, 0.05) is 11.1 Å². The zero-order chi connectivity index (χ0) is 12.8. The second-order valence-electron chi connectivity index (χ2n) is 6.17. The Bertz CT molecular complexity index is 458. The van der Waals surface area contributed by atoms with E-state index in [9.17, 15) is 4.39 Å². The first-order chi connectivity index (χ1) is 8.55. The molecule has 0 bridgehead atoms. The van der Waals surface area contributed by atoms with E-state index in [1.807, 2.05) is 0 Å². The van der Waals surface area contributed by atoms with Crippen molar-refractivity contribution in [1.29, 1.82) is 0 Å². The fourth-order valence-corrected chi connectivity index (χ4v) is 4.20. The molecule has 2 aliphatic rings. The Morgan fingerprint density at radius 3 is 2.44 bits per heavy atom. The minimum atomic E-state index is -0.494. The van der Waals surface area contributed by atoms with Gasteiger partial charge in [-0.15, -0.1) is 0 Å². The van der Waals surface area contributed by atoms with E-state index in [0.717, 1.165) is 12.8 Å². The van der Waals surface area contributed by atoms with Crippen molar-refractivity contribution in [3.05, 3.63) is 34.6 Å². The van der Waals surface area contributed by atoms with Crippen LogP contribution in [-0.2, 0) is 5.54 Å². The first kappa shape index (κ1) is 12.4. The summed E-state index contributed by atoms with van der Waals surface area (Å²) in [5, 5.41) is 0.182. The van der Waals surface area contributed by atoms with Crippen LogP contribution in [0.3, 0.4) is 0 Å². The number of nitrogens with two attached hydrogens (primary N) is 1. The van der Waals surface area contributed by atoms with Gasteiger partial charge in [-0.1, -0.05) is 43.0 Å². The Balaban J connectivity index is 1.84. The Morgan fingerprint density at radius 2 is 1.78 bits per heavy atom. The Morgan fingerprint density at radius 1 is 1.11 bits per heavy atom. The molecule has 1 aromatic rings. The Kier molecular flexibility index (Phi) is 2.91. The summed E-state index contributed by atoms with van der Waals surface area (Å²) < 4.78 is 14.1. The van der Waals surface area contributed by atoms with Gasteiger partial charge in [-0.05, 0) is 37.2 Å². The van der Waals surface area contributed by atoms with Crippen LogP contribution < -0.4 is 5.73 Å². The van der Waals surface area contributed by atoms with Crippen LogP contribution >= 0.6 is 11.6 Å². The minimum Gasteiger partial charge on any atom is -0.321 e. The van der Waals surface area contributed by atoms with Crippen LogP contribution in [0.5, 0.6) is 0 Å². The SMILES string of the molecule is NC1(c2cccc(Cl)c2F)CC2(CCCCC2)C1. The monoisotopic (exact) mass is 267 g/mol. The Labute approximate surface area is 113 Å². The molecule has 0 aromatic heterocycles. The maximum atomic E-state index is 14.1. The van der Waals surface area contributed by atoms with Crippen molar-refractivity contribution in [2.45, 2.75) is 50.5 Å². The molecule has 18 heavy (non-hydrogen) atoms. The first-order valence-corrected chi connectivity index (χ1v) is 7.16. The number of hydrogen-bond donors (Lipinski definition) is 1. The average Bonchev–Trinajstić information content (AvgIpc) is 2.32. The zero-order valence-corrected chi connectivity index (χ0v) is 11.3. The molecular formula is C15H19ClFN. The van der Waals surface area contributed by atoms with E-state index in [1.54, 1.807) is 18.2 Å². The molecule has 0 radical (unpaired) electrons. The maximum Gasteiger partial charge on any atom is 0.146 e. The van der Waals surface area contributed by atoms with Crippen LogP contribution in [0, 0.1) is 11.2 Å². The normalized spacial score (nSPS) is 24.8. The van der Waals surface area contributed by atoms with Gasteiger partial charge in [0.2, 0.25) is 0 Å². The predicted molar refractivity (Wildman–Crippen MR) is 72.0 cm³/mol. The molecule has 3 heteroatoms. The molecule has 2 saturated carbocycles. The van der Waals surface area contributed by atoms with E-state index in [4.69, 9.17) is 17.3 Å². The highest BCUT2D eigenvalue weighted by atomic mass is 35.5. The summed E-state index contributed by atoms with van der Waals surface area (Å²) in [6.07, 6.45) is 8.28. The molecule has 3 rings (SSSR count). The summed E-state index contributed by atoms with van der Waals surface area (Å²) in [6.45, 7) is 0. The van der Waals surface area contributed by atoms with Crippen LogP contribution in [0.15, 0.2) is 18.2 Å². The minimum absolute atomic E-state index is 0.182. The van der Waals surface area contributed by atoms with Gasteiger partial charge in [-0.25, -0.2) is 4.39 Å². The summed E-state index contributed by atoms with van der Waals surface area (Å²) >= 11 is 5.85. The van der Waals surface area contributed by atoms with E-state index in [1.165, 1.54) is 32.1 Å². The molecule has 0 aliphatic heterocycles. The lowest BCUT2D eigenvalue weighted by Crippen LogP contribution is -2.56. The van der Waals surface area contributed by atoms with Gasteiger partial charge in [0.15, 0.2) is 0 Å². The first-order valence-electron chi connectivity index (χ1n) is 6.78. The molecular weight excluding hydrogens is 249 g/mol. The predicted octanol–water partition coefficient (Wildman–Crippen LogP) is 4.38. The molecule has 1 nitrogen and oxygen atoms in total. The summed E-state index contributed by atoms with van der Waals surface area (Å²) in [4.78, 5) is 0. The fraction of sp³-hybridized carbons (Fsp3) is 0.600. The van der Waals surface area contributed by atoms with Crippen LogP contribution in [0.1, 0.15) is 50.5 Å². The molecule has 98 valence electrons. The van der Waals surface area contributed by atoms with Gasteiger partial charge in [0.1, 0.15) is 5.82 Å². The summed E-state index contributed by atoms with van der Waals surface area (Å²) in [7, 11) is 0. The third kappa shape index (κ3) is 1.86. The van der Waals surface area contributed by atoms with Gasteiger partial charge in [-0.2, -0.15) is 0 Å².